The van der Waals surface area contributed by atoms with Crippen LogP contribution >= 0.6 is 0 Å². The lowest BCUT2D eigenvalue weighted by Crippen LogP contribution is -2.31. The summed E-state index contributed by atoms with van der Waals surface area (Å²) in [4.78, 5) is 36.8. The molecule has 0 bridgehead atoms. The van der Waals surface area contributed by atoms with Crippen molar-refractivity contribution in [1.82, 2.24) is 29.5 Å². The van der Waals surface area contributed by atoms with Gasteiger partial charge in [-0.05, 0) is 12.1 Å². The monoisotopic (exact) mass is 344 g/mol. The molecule has 0 fully saturated rings. The molecule has 0 aliphatic carbocycles. The molecule has 3 aromatic rings. The second kappa shape index (κ2) is 6.30. The zero-order valence-corrected chi connectivity index (χ0v) is 13.3. The van der Waals surface area contributed by atoms with E-state index in [9.17, 15) is 14.7 Å². The molecule has 11 nitrogen and oxygen atoms in total. The Hall–Kier alpha value is -3.31. The number of aromatic nitrogens is 5. The van der Waals surface area contributed by atoms with Gasteiger partial charge in [-0.3, -0.25) is 24.3 Å². The van der Waals surface area contributed by atoms with E-state index >= 15 is 0 Å². The molecule has 0 aliphatic heterocycles. The van der Waals surface area contributed by atoms with Crippen LogP contribution in [0.5, 0.6) is 0 Å². The minimum Gasteiger partial charge on any atom is -0.395 e. The summed E-state index contributed by atoms with van der Waals surface area (Å²) in [6.07, 6.45) is 1.44. The number of carbonyl (C=O) groups is 1. The third kappa shape index (κ3) is 2.60. The average molecular weight is 344 g/mol. The lowest BCUT2D eigenvalue weighted by molar-refractivity contribution is 0.0949. The minimum atomic E-state index is -0.610. The summed E-state index contributed by atoms with van der Waals surface area (Å²) in [7, 11) is 1.54. The number of pyridine rings is 1. The predicted molar refractivity (Wildman–Crippen MR) is 89.2 cm³/mol. The maximum absolute atomic E-state index is 12.4. The molecule has 0 saturated carbocycles. The molecule has 0 aromatic carbocycles. The first-order chi connectivity index (χ1) is 12.0. The molecule has 0 aliphatic rings. The number of nitrogens with one attached hydrogen (secondary N) is 1. The second-order valence-electron chi connectivity index (χ2n) is 5.19. The van der Waals surface area contributed by atoms with E-state index in [0.717, 1.165) is 0 Å². The molecule has 3 rings (SSSR count). The SMILES string of the molecule is Cn1c(=O)n(CCO)c2nc(N)nc(-c3cccnc3C(=O)NN)c21. The van der Waals surface area contributed by atoms with Crippen molar-refractivity contribution >= 4 is 23.0 Å². The minimum absolute atomic E-state index is 0.0340. The molecule has 6 N–H and O–H groups in total. The van der Waals surface area contributed by atoms with Crippen molar-refractivity contribution in [2.75, 3.05) is 12.3 Å². The van der Waals surface area contributed by atoms with Gasteiger partial charge >= 0.3 is 5.69 Å². The second-order valence-corrected chi connectivity index (χ2v) is 5.19. The number of hydrogen-bond acceptors (Lipinski definition) is 8. The Morgan fingerprint density at radius 1 is 1.40 bits per heavy atom. The lowest BCUT2D eigenvalue weighted by Gasteiger charge is -2.09. The van der Waals surface area contributed by atoms with Gasteiger partial charge in [-0.15, -0.1) is 0 Å². The van der Waals surface area contributed by atoms with Crippen LogP contribution in [0.15, 0.2) is 23.1 Å². The van der Waals surface area contributed by atoms with Gasteiger partial charge in [0.2, 0.25) is 5.95 Å². The van der Waals surface area contributed by atoms with E-state index in [0.29, 0.717) is 11.1 Å². The molecule has 0 saturated heterocycles. The first-order valence-electron chi connectivity index (χ1n) is 7.29. The van der Waals surface area contributed by atoms with E-state index in [1.165, 1.54) is 15.3 Å². The third-order valence-electron chi connectivity index (χ3n) is 3.72. The highest BCUT2D eigenvalue weighted by atomic mass is 16.3. The van der Waals surface area contributed by atoms with Gasteiger partial charge in [-0.2, -0.15) is 4.98 Å². The zero-order chi connectivity index (χ0) is 18.1. The number of fused-ring (bicyclic) bond motifs is 1. The van der Waals surface area contributed by atoms with Crippen LogP contribution in [0.4, 0.5) is 5.95 Å². The fraction of sp³-hybridized carbons (Fsp3) is 0.214. The Bertz CT molecular complexity index is 1020. The number of hydrogen-bond donors (Lipinski definition) is 4. The van der Waals surface area contributed by atoms with Gasteiger partial charge in [0.25, 0.3) is 5.91 Å². The molecule has 0 unspecified atom stereocenters. The Morgan fingerprint density at radius 2 is 2.16 bits per heavy atom. The number of hydrazine groups is 1. The van der Waals surface area contributed by atoms with E-state index in [-0.39, 0.29) is 41.8 Å². The van der Waals surface area contributed by atoms with Crippen molar-refractivity contribution in [2.24, 2.45) is 12.9 Å². The summed E-state index contributed by atoms with van der Waals surface area (Å²) < 4.78 is 2.62. The van der Waals surface area contributed by atoms with Gasteiger partial charge in [0, 0.05) is 18.8 Å². The van der Waals surface area contributed by atoms with E-state index in [2.05, 4.69) is 15.0 Å². The number of amides is 1. The predicted octanol–water partition coefficient (Wildman–Crippen LogP) is -1.63. The number of nitrogen functional groups attached to an aromatic ring is 2. The fourth-order valence-electron chi connectivity index (χ4n) is 2.66. The van der Waals surface area contributed by atoms with Crippen molar-refractivity contribution < 1.29 is 9.90 Å². The molecule has 11 heteroatoms. The van der Waals surface area contributed by atoms with Crippen LogP contribution in [0.3, 0.4) is 0 Å². The molecule has 1 amide bonds. The normalized spacial score (nSPS) is 11.0. The number of carbonyl (C=O) groups excluding carboxylic acids is 1. The van der Waals surface area contributed by atoms with Crippen LogP contribution in [0.1, 0.15) is 10.5 Å². The van der Waals surface area contributed by atoms with Crippen molar-refractivity contribution in [2.45, 2.75) is 6.54 Å². The van der Waals surface area contributed by atoms with Crippen LogP contribution in [0.25, 0.3) is 22.4 Å². The number of anilines is 1. The number of rotatable bonds is 4. The van der Waals surface area contributed by atoms with Crippen LogP contribution in [-0.2, 0) is 13.6 Å². The Kier molecular flexibility index (Phi) is 4.17. The molecular weight excluding hydrogens is 328 g/mol. The number of nitrogens with zero attached hydrogens (tertiary/aromatic N) is 5. The smallest absolute Gasteiger partial charge is 0.330 e. The van der Waals surface area contributed by atoms with Crippen LogP contribution in [0, 0.1) is 0 Å². The highest BCUT2D eigenvalue weighted by Gasteiger charge is 2.22. The highest BCUT2D eigenvalue weighted by molar-refractivity contribution is 6.01. The first-order valence-corrected chi connectivity index (χ1v) is 7.29. The van der Waals surface area contributed by atoms with Gasteiger partial charge in [0.1, 0.15) is 16.9 Å². The van der Waals surface area contributed by atoms with Crippen molar-refractivity contribution in [1.29, 1.82) is 0 Å². The first kappa shape index (κ1) is 16.5. The van der Waals surface area contributed by atoms with E-state index in [4.69, 9.17) is 11.6 Å². The van der Waals surface area contributed by atoms with Crippen molar-refractivity contribution in [3.63, 3.8) is 0 Å². The number of aliphatic hydroxyl groups is 1. The third-order valence-corrected chi connectivity index (χ3v) is 3.72. The van der Waals surface area contributed by atoms with E-state index < -0.39 is 5.91 Å². The van der Waals surface area contributed by atoms with Gasteiger partial charge in [-0.1, -0.05) is 0 Å². The standard InChI is InChI=1S/C14H16N8O3/c1-21-10-8(7-3-2-4-17-9(7)12(24)20-16)18-13(15)19-11(10)22(5-6-23)14(21)25/h2-4,23H,5-6,16H2,1H3,(H,20,24)(H2,15,18,19). The Balaban J connectivity index is 2.41. The van der Waals surface area contributed by atoms with E-state index in [1.54, 1.807) is 19.2 Å². The topological polar surface area (TPSA) is 167 Å². The Morgan fingerprint density at radius 3 is 2.84 bits per heavy atom. The summed E-state index contributed by atoms with van der Waals surface area (Å²) in [5, 5.41) is 9.20. The maximum Gasteiger partial charge on any atom is 0.330 e. The maximum atomic E-state index is 12.4. The molecule has 130 valence electrons. The number of imidazole rings is 1. The zero-order valence-electron chi connectivity index (χ0n) is 13.3. The van der Waals surface area contributed by atoms with Crippen LogP contribution in [-0.4, -0.2) is 41.7 Å². The summed E-state index contributed by atoms with van der Waals surface area (Å²) in [5.41, 5.74) is 8.70. The van der Waals surface area contributed by atoms with Crippen molar-refractivity contribution in [3.8, 4) is 11.3 Å². The largest absolute Gasteiger partial charge is 0.395 e. The average Bonchev–Trinajstić information content (AvgIpc) is 2.85. The molecule has 3 heterocycles. The van der Waals surface area contributed by atoms with Crippen LogP contribution < -0.4 is 22.7 Å². The molecule has 0 atom stereocenters. The van der Waals surface area contributed by atoms with Gasteiger partial charge in [0.05, 0.1) is 13.2 Å². The van der Waals surface area contributed by atoms with Crippen molar-refractivity contribution in [3.05, 3.63) is 34.5 Å². The molecule has 0 spiro atoms. The number of nitrogens with two attached hydrogens (primary N) is 2. The van der Waals surface area contributed by atoms with Gasteiger partial charge in [0.15, 0.2) is 5.65 Å². The van der Waals surface area contributed by atoms with Crippen LogP contribution in [0.2, 0.25) is 0 Å². The number of aliphatic hydroxyl groups excluding tert-OH is 1. The summed E-state index contributed by atoms with van der Waals surface area (Å²) in [5.74, 6) is 4.52. The summed E-state index contributed by atoms with van der Waals surface area (Å²) in [6.45, 7) is -0.193. The number of aryl methyl sites for hydroxylation is 1. The van der Waals surface area contributed by atoms with Gasteiger partial charge in [-0.25, -0.2) is 15.6 Å². The summed E-state index contributed by atoms with van der Waals surface area (Å²) >= 11 is 0. The molecule has 3 aromatic heterocycles. The molecule has 25 heavy (non-hydrogen) atoms. The lowest BCUT2D eigenvalue weighted by atomic mass is 10.1. The highest BCUT2D eigenvalue weighted by Crippen LogP contribution is 2.28. The quantitative estimate of drug-likeness (QED) is 0.248. The Labute approximate surface area is 140 Å². The molecule has 0 radical (unpaired) electrons. The van der Waals surface area contributed by atoms with E-state index in [1.807, 2.05) is 5.43 Å². The van der Waals surface area contributed by atoms with Gasteiger partial charge < -0.3 is 10.8 Å². The molecular formula is C14H16N8O3. The summed E-state index contributed by atoms with van der Waals surface area (Å²) in [6, 6.07) is 3.24. The fourth-order valence-corrected chi connectivity index (χ4v) is 2.66.